The Morgan fingerprint density at radius 2 is 2.20 bits per heavy atom. The van der Waals surface area contributed by atoms with Crippen molar-refractivity contribution in [3.63, 3.8) is 0 Å². The molecule has 0 aromatic carbocycles. The fraction of sp³-hybridized carbons (Fsp3) is 0.722. The van der Waals surface area contributed by atoms with Gasteiger partial charge >= 0.3 is 6.09 Å². The molecule has 0 bridgehead atoms. The molecule has 0 spiro atoms. The van der Waals surface area contributed by atoms with Gasteiger partial charge in [0, 0.05) is 19.1 Å². The van der Waals surface area contributed by atoms with Gasteiger partial charge in [-0.25, -0.2) is 19.2 Å². The molecule has 7 heteroatoms. The number of halogens is 1. The molecule has 1 aromatic rings. The van der Waals surface area contributed by atoms with Crippen LogP contribution in [0.5, 0.6) is 0 Å². The van der Waals surface area contributed by atoms with Gasteiger partial charge in [-0.15, -0.1) is 0 Å². The first-order chi connectivity index (χ1) is 11.7. The summed E-state index contributed by atoms with van der Waals surface area (Å²) in [6, 6.07) is -0.0619. The quantitative estimate of drug-likeness (QED) is 0.900. The highest BCUT2D eigenvalue weighted by atomic mass is 19.1. The maximum atomic E-state index is 14.5. The predicted molar refractivity (Wildman–Crippen MR) is 95.1 cm³/mol. The van der Waals surface area contributed by atoms with Crippen molar-refractivity contribution in [2.24, 2.45) is 5.92 Å². The number of nitrogens with zero attached hydrogens (tertiary/aromatic N) is 3. The van der Waals surface area contributed by atoms with Crippen molar-refractivity contribution >= 4 is 11.9 Å². The molecule has 1 aliphatic rings. The predicted octanol–water partition coefficient (Wildman–Crippen LogP) is 3.31. The van der Waals surface area contributed by atoms with Crippen LogP contribution < -0.4 is 10.2 Å². The highest BCUT2D eigenvalue weighted by Gasteiger charge is 2.29. The molecule has 0 saturated carbocycles. The number of aromatic nitrogens is 2. The minimum Gasteiger partial charge on any atom is -0.444 e. The lowest BCUT2D eigenvalue weighted by Gasteiger charge is -2.37. The summed E-state index contributed by atoms with van der Waals surface area (Å²) in [5.41, 5.74) is -0.0877. The molecule has 2 atom stereocenters. The Morgan fingerprint density at radius 1 is 1.48 bits per heavy atom. The number of aryl methyl sites for hydroxylation is 1. The molecule has 0 radical (unpaired) electrons. The van der Waals surface area contributed by atoms with E-state index in [9.17, 15) is 9.18 Å². The number of hydrogen-bond donors (Lipinski definition) is 1. The molecule has 1 aliphatic heterocycles. The number of alkyl carbamates (subject to hydrolysis) is 1. The van der Waals surface area contributed by atoms with Gasteiger partial charge in [-0.05, 0) is 52.9 Å². The first-order valence-corrected chi connectivity index (χ1v) is 8.95. The standard InChI is InChI=1S/C18H29FN4O2/c1-6-14-15(19)16(21-11-20-14)23-9-7-8-13(10-23)12(2)22-17(24)25-18(3,4)5/h11-13H,6-10H2,1-5H3,(H,22,24). The van der Waals surface area contributed by atoms with Crippen LogP contribution in [0.25, 0.3) is 0 Å². The summed E-state index contributed by atoms with van der Waals surface area (Å²) in [4.78, 5) is 22.1. The third-order valence-corrected chi connectivity index (χ3v) is 4.39. The average Bonchev–Trinajstić information content (AvgIpc) is 2.53. The Labute approximate surface area is 149 Å². The summed E-state index contributed by atoms with van der Waals surface area (Å²) in [5.74, 6) is 0.236. The Balaban J connectivity index is 2.02. The Bertz CT molecular complexity index is 603. The zero-order valence-corrected chi connectivity index (χ0v) is 15.8. The molecule has 25 heavy (non-hydrogen) atoms. The van der Waals surface area contributed by atoms with E-state index in [4.69, 9.17) is 4.74 Å². The number of anilines is 1. The highest BCUT2D eigenvalue weighted by molar-refractivity contribution is 5.68. The van der Waals surface area contributed by atoms with Gasteiger partial charge in [0.2, 0.25) is 0 Å². The monoisotopic (exact) mass is 352 g/mol. The van der Waals surface area contributed by atoms with Crippen LogP contribution >= 0.6 is 0 Å². The normalized spacial score (nSPS) is 19.4. The van der Waals surface area contributed by atoms with Crippen LogP contribution in [-0.4, -0.2) is 40.8 Å². The van der Waals surface area contributed by atoms with E-state index in [1.54, 1.807) is 0 Å². The van der Waals surface area contributed by atoms with E-state index in [0.717, 1.165) is 19.4 Å². The molecule has 140 valence electrons. The minimum atomic E-state index is -0.525. The lowest BCUT2D eigenvalue weighted by Crippen LogP contribution is -2.47. The van der Waals surface area contributed by atoms with Gasteiger partial charge < -0.3 is 15.0 Å². The smallest absolute Gasteiger partial charge is 0.407 e. The van der Waals surface area contributed by atoms with Gasteiger partial charge in [-0.2, -0.15) is 0 Å². The Morgan fingerprint density at radius 3 is 2.84 bits per heavy atom. The van der Waals surface area contributed by atoms with Crippen molar-refractivity contribution in [2.75, 3.05) is 18.0 Å². The first kappa shape index (κ1) is 19.4. The molecular formula is C18H29FN4O2. The number of ether oxygens (including phenoxy) is 1. The van der Waals surface area contributed by atoms with Crippen molar-refractivity contribution in [3.05, 3.63) is 17.8 Å². The van der Waals surface area contributed by atoms with Gasteiger partial charge in [0.15, 0.2) is 11.6 Å². The number of nitrogens with one attached hydrogen (secondary N) is 1. The van der Waals surface area contributed by atoms with Crippen molar-refractivity contribution in [3.8, 4) is 0 Å². The molecule has 1 N–H and O–H groups in total. The van der Waals surface area contributed by atoms with Crippen molar-refractivity contribution in [1.82, 2.24) is 15.3 Å². The van der Waals surface area contributed by atoms with Crippen molar-refractivity contribution in [1.29, 1.82) is 0 Å². The second kappa shape index (κ2) is 7.97. The van der Waals surface area contributed by atoms with Crippen LogP contribution in [0.1, 0.15) is 53.2 Å². The number of hydrogen-bond acceptors (Lipinski definition) is 5. The van der Waals surface area contributed by atoms with E-state index in [2.05, 4.69) is 15.3 Å². The number of amides is 1. The molecule has 6 nitrogen and oxygen atoms in total. The maximum Gasteiger partial charge on any atom is 0.407 e. The summed E-state index contributed by atoms with van der Waals surface area (Å²) >= 11 is 0. The lowest BCUT2D eigenvalue weighted by atomic mass is 9.91. The van der Waals surface area contributed by atoms with Crippen LogP contribution in [0.3, 0.4) is 0 Å². The van der Waals surface area contributed by atoms with E-state index in [0.29, 0.717) is 24.5 Å². The third kappa shape index (κ3) is 5.28. The molecular weight excluding hydrogens is 323 g/mol. The molecule has 2 heterocycles. The molecule has 1 amide bonds. The molecule has 1 saturated heterocycles. The average molecular weight is 352 g/mol. The molecule has 2 unspecified atom stereocenters. The van der Waals surface area contributed by atoms with E-state index < -0.39 is 11.7 Å². The third-order valence-electron chi connectivity index (χ3n) is 4.39. The minimum absolute atomic E-state index is 0.0619. The number of carbonyl (C=O) groups is 1. The topological polar surface area (TPSA) is 67.4 Å². The van der Waals surface area contributed by atoms with Gasteiger partial charge in [-0.3, -0.25) is 0 Å². The zero-order chi connectivity index (χ0) is 18.6. The maximum absolute atomic E-state index is 14.5. The van der Waals surface area contributed by atoms with Gasteiger partial charge in [0.1, 0.15) is 11.9 Å². The van der Waals surface area contributed by atoms with Crippen molar-refractivity contribution in [2.45, 2.75) is 65.5 Å². The largest absolute Gasteiger partial charge is 0.444 e. The Kier molecular flexibility index (Phi) is 6.19. The highest BCUT2D eigenvalue weighted by Crippen LogP contribution is 2.26. The fourth-order valence-electron chi connectivity index (χ4n) is 3.08. The molecule has 2 rings (SSSR count). The number of piperidine rings is 1. The van der Waals surface area contributed by atoms with E-state index in [1.807, 2.05) is 39.5 Å². The number of carbonyl (C=O) groups excluding carboxylic acids is 1. The first-order valence-electron chi connectivity index (χ1n) is 8.95. The number of rotatable bonds is 4. The second-order valence-electron chi connectivity index (χ2n) is 7.59. The molecule has 0 aliphatic carbocycles. The summed E-state index contributed by atoms with van der Waals surface area (Å²) in [6.07, 6.45) is 3.44. The van der Waals surface area contributed by atoms with Crippen LogP contribution in [0.4, 0.5) is 15.0 Å². The van der Waals surface area contributed by atoms with Crippen molar-refractivity contribution < 1.29 is 13.9 Å². The van der Waals surface area contributed by atoms with Gasteiger partial charge in [0.05, 0.1) is 5.69 Å². The van der Waals surface area contributed by atoms with Gasteiger partial charge in [-0.1, -0.05) is 6.92 Å². The molecule has 1 aromatic heterocycles. The fourth-order valence-corrected chi connectivity index (χ4v) is 3.08. The van der Waals surface area contributed by atoms with Crippen LogP contribution in [0, 0.1) is 11.7 Å². The summed E-state index contributed by atoms with van der Waals surface area (Å²) in [5, 5.41) is 2.90. The zero-order valence-electron chi connectivity index (χ0n) is 15.8. The van der Waals surface area contributed by atoms with E-state index in [-0.39, 0.29) is 17.8 Å². The summed E-state index contributed by atoms with van der Waals surface area (Å²) in [7, 11) is 0. The van der Waals surface area contributed by atoms with Crippen LogP contribution in [0.15, 0.2) is 6.33 Å². The second-order valence-corrected chi connectivity index (χ2v) is 7.59. The molecule has 1 fully saturated rings. The summed E-state index contributed by atoms with van der Waals surface area (Å²) < 4.78 is 19.8. The SMILES string of the molecule is CCc1ncnc(N2CCCC(C(C)NC(=O)OC(C)(C)C)C2)c1F. The summed E-state index contributed by atoms with van der Waals surface area (Å²) in [6.45, 7) is 10.8. The van der Waals surface area contributed by atoms with Crippen LogP contribution in [-0.2, 0) is 11.2 Å². The van der Waals surface area contributed by atoms with Crippen LogP contribution in [0.2, 0.25) is 0 Å². The lowest BCUT2D eigenvalue weighted by molar-refractivity contribution is 0.0489. The van der Waals surface area contributed by atoms with E-state index >= 15 is 0 Å². The van der Waals surface area contributed by atoms with E-state index in [1.165, 1.54) is 6.33 Å². The van der Waals surface area contributed by atoms with Gasteiger partial charge in [0.25, 0.3) is 0 Å². The Hall–Kier alpha value is -1.92.